The smallest absolute Gasteiger partial charge is 0.336 e. The number of carbonyl (C=O) groups excluding carboxylic acids is 2. The molecule has 0 aliphatic carbocycles. The Bertz CT molecular complexity index is 596. The first-order valence-electron chi connectivity index (χ1n) is 5.65. The van der Waals surface area contributed by atoms with Crippen LogP contribution in [0.15, 0.2) is 23.1 Å². The van der Waals surface area contributed by atoms with Gasteiger partial charge >= 0.3 is 11.9 Å². The Morgan fingerprint density at radius 2 is 2.00 bits per heavy atom. The van der Waals surface area contributed by atoms with Gasteiger partial charge in [-0.1, -0.05) is 18.3 Å². The third kappa shape index (κ3) is 4.81. The summed E-state index contributed by atoms with van der Waals surface area (Å²) in [6.07, 6.45) is 1.17. The second kappa shape index (κ2) is 6.80. The Kier molecular flexibility index (Phi) is 5.39. The molecule has 1 heterocycles. The first-order chi connectivity index (χ1) is 9.29. The summed E-state index contributed by atoms with van der Waals surface area (Å²) < 4.78 is 0.763. The summed E-state index contributed by atoms with van der Waals surface area (Å²) in [5.74, 6) is -1.19. The van der Waals surface area contributed by atoms with E-state index in [0.29, 0.717) is 10.6 Å². The summed E-state index contributed by atoms with van der Waals surface area (Å²) >= 11 is 4.83. The van der Waals surface area contributed by atoms with Crippen LogP contribution in [0.5, 0.6) is 0 Å². The Balaban J connectivity index is 2.78. The van der Waals surface area contributed by atoms with Gasteiger partial charge in [0.2, 0.25) is 0 Å². The van der Waals surface area contributed by atoms with Crippen molar-refractivity contribution in [1.29, 1.82) is 0 Å². The maximum absolute atomic E-state index is 11.6. The molecule has 1 rings (SSSR count). The van der Waals surface area contributed by atoms with Crippen LogP contribution in [0, 0.1) is 0 Å². The largest absolute Gasteiger partial charge is 0.340 e. The monoisotopic (exact) mass is 298 g/mol. The van der Waals surface area contributed by atoms with Crippen molar-refractivity contribution in [3.05, 3.63) is 34.2 Å². The van der Waals surface area contributed by atoms with Crippen LogP contribution in [0.1, 0.15) is 19.4 Å². The van der Waals surface area contributed by atoms with Gasteiger partial charge in [0, 0.05) is 20.0 Å². The highest BCUT2D eigenvalue weighted by Gasteiger charge is 2.11. The van der Waals surface area contributed by atoms with Crippen LogP contribution in [0.2, 0.25) is 0 Å². The third-order valence-electron chi connectivity index (χ3n) is 2.20. The number of aromatic nitrogens is 1. The molecule has 0 aliphatic heterocycles. The van der Waals surface area contributed by atoms with E-state index in [9.17, 15) is 14.4 Å². The molecule has 0 unspecified atom stereocenters. The van der Waals surface area contributed by atoms with Crippen LogP contribution in [-0.4, -0.2) is 33.8 Å². The minimum absolute atomic E-state index is 0.0888. The standard InChI is InChI=1S/C12H14N2O5S/c1-8(20)13(3)19-12(17)6-10-4-5-11(16)14(7-10)18-9(2)15/h4-5,7H,6H2,1-3H3. The first kappa shape index (κ1) is 15.8. The highest BCUT2D eigenvalue weighted by Crippen LogP contribution is 2.00. The predicted octanol–water partition coefficient (Wildman–Crippen LogP) is 0.103. The van der Waals surface area contributed by atoms with Crippen molar-refractivity contribution >= 4 is 29.1 Å². The van der Waals surface area contributed by atoms with E-state index >= 15 is 0 Å². The van der Waals surface area contributed by atoms with Crippen molar-refractivity contribution in [3.63, 3.8) is 0 Å². The van der Waals surface area contributed by atoms with Crippen LogP contribution < -0.4 is 10.4 Å². The third-order valence-corrected chi connectivity index (χ3v) is 2.45. The van der Waals surface area contributed by atoms with Gasteiger partial charge in [-0.3, -0.25) is 4.79 Å². The van der Waals surface area contributed by atoms with Gasteiger partial charge in [-0.05, 0) is 12.5 Å². The zero-order valence-corrected chi connectivity index (χ0v) is 12.1. The van der Waals surface area contributed by atoms with Crippen molar-refractivity contribution in [2.45, 2.75) is 20.3 Å². The van der Waals surface area contributed by atoms with Gasteiger partial charge < -0.3 is 9.68 Å². The zero-order chi connectivity index (χ0) is 15.3. The summed E-state index contributed by atoms with van der Waals surface area (Å²) in [5, 5.41) is 1.17. The van der Waals surface area contributed by atoms with E-state index in [-0.39, 0.29) is 6.42 Å². The fraction of sp³-hybridized carbons (Fsp3) is 0.333. The van der Waals surface area contributed by atoms with E-state index in [0.717, 1.165) is 4.73 Å². The number of hydrogen-bond donors (Lipinski definition) is 0. The molecule has 0 fully saturated rings. The second-order valence-electron chi connectivity index (χ2n) is 3.94. The minimum Gasteiger partial charge on any atom is -0.340 e. The molecule has 7 nitrogen and oxygen atoms in total. The van der Waals surface area contributed by atoms with Crippen molar-refractivity contribution in [2.24, 2.45) is 0 Å². The molecule has 0 atom stereocenters. The SMILES string of the molecule is CC(=O)On1cc(CC(=O)ON(C)C(C)=S)ccc1=O. The summed E-state index contributed by atoms with van der Waals surface area (Å²) in [6, 6.07) is 2.65. The molecule has 20 heavy (non-hydrogen) atoms. The number of pyridine rings is 1. The fourth-order valence-electron chi connectivity index (χ4n) is 1.24. The highest BCUT2D eigenvalue weighted by molar-refractivity contribution is 7.80. The number of nitrogens with zero attached hydrogens (tertiary/aromatic N) is 2. The van der Waals surface area contributed by atoms with Gasteiger partial charge in [0.15, 0.2) is 0 Å². The molecular weight excluding hydrogens is 284 g/mol. The maximum atomic E-state index is 11.6. The predicted molar refractivity (Wildman–Crippen MR) is 73.8 cm³/mol. The number of carbonyl (C=O) groups is 2. The molecular formula is C12H14N2O5S. The lowest BCUT2D eigenvalue weighted by Crippen LogP contribution is -2.30. The summed E-state index contributed by atoms with van der Waals surface area (Å²) in [6.45, 7) is 2.79. The zero-order valence-electron chi connectivity index (χ0n) is 11.3. The summed E-state index contributed by atoms with van der Waals surface area (Å²) in [5.41, 5.74) is -0.0459. The number of rotatable bonds is 3. The average Bonchev–Trinajstić information content (AvgIpc) is 2.32. The second-order valence-corrected chi connectivity index (χ2v) is 4.53. The number of hydrogen-bond acceptors (Lipinski definition) is 6. The molecule has 0 aliphatic rings. The van der Waals surface area contributed by atoms with Gasteiger partial charge in [-0.15, -0.1) is 4.73 Å². The fourth-order valence-corrected chi connectivity index (χ4v) is 1.28. The van der Waals surface area contributed by atoms with Crippen LogP contribution in [-0.2, 0) is 20.8 Å². The van der Waals surface area contributed by atoms with Crippen molar-refractivity contribution in [1.82, 2.24) is 9.79 Å². The van der Waals surface area contributed by atoms with E-state index < -0.39 is 17.5 Å². The molecule has 1 aromatic rings. The van der Waals surface area contributed by atoms with E-state index in [1.165, 1.54) is 37.4 Å². The normalized spacial score (nSPS) is 9.75. The van der Waals surface area contributed by atoms with Gasteiger partial charge in [0.1, 0.15) is 4.99 Å². The van der Waals surface area contributed by atoms with Crippen molar-refractivity contribution < 1.29 is 19.3 Å². The van der Waals surface area contributed by atoms with Gasteiger partial charge in [0.25, 0.3) is 5.56 Å². The molecule has 0 saturated carbocycles. The Hall–Kier alpha value is -2.22. The Morgan fingerprint density at radius 1 is 1.35 bits per heavy atom. The lowest BCUT2D eigenvalue weighted by atomic mass is 10.2. The molecule has 108 valence electrons. The molecule has 0 bridgehead atoms. The van der Waals surface area contributed by atoms with E-state index in [2.05, 4.69) is 4.84 Å². The first-order valence-corrected chi connectivity index (χ1v) is 6.06. The van der Waals surface area contributed by atoms with Crippen LogP contribution >= 0.6 is 12.2 Å². The molecule has 1 aromatic heterocycles. The molecule has 0 radical (unpaired) electrons. The van der Waals surface area contributed by atoms with Gasteiger partial charge in [-0.2, -0.15) is 0 Å². The molecule has 0 saturated heterocycles. The molecule has 0 amide bonds. The van der Waals surface area contributed by atoms with Gasteiger partial charge in [0.05, 0.1) is 12.6 Å². The topological polar surface area (TPSA) is 77.8 Å². The van der Waals surface area contributed by atoms with Crippen LogP contribution in [0.25, 0.3) is 0 Å². The summed E-state index contributed by atoms with van der Waals surface area (Å²) in [4.78, 5) is 43.9. The van der Waals surface area contributed by atoms with E-state index in [4.69, 9.17) is 17.1 Å². The van der Waals surface area contributed by atoms with E-state index in [1.807, 2.05) is 0 Å². The minimum atomic E-state index is -0.636. The molecule has 0 spiro atoms. The van der Waals surface area contributed by atoms with E-state index in [1.54, 1.807) is 6.92 Å². The number of thiocarbonyl (C=S) groups is 1. The quantitative estimate of drug-likeness (QED) is 0.578. The Labute approximate surface area is 120 Å². The number of hydroxylamine groups is 2. The Morgan fingerprint density at radius 3 is 2.55 bits per heavy atom. The lowest BCUT2D eigenvalue weighted by Gasteiger charge is -2.16. The van der Waals surface area contributed by atoms with Crippen LogP contribution in [0.4, 0.5) is 0 Å². The summed E-state index contributed by atoms with van der Waals surface area (Å²) in [7, 11) is 1.51. The molecule has 0 N–H and O–H groups in total. The van der Waals surface area contributed by atoms with Crippen molar-refractivity contribution in [2.75, 3.05) is 7.05 Å². The maximum Gasteiger partial charge on any atom is 0.336 e. The lowest BCUT2D eigenvalue weighted by molar-refractivity contribution is -0.167. The highest BCUT2D eigenvalue weighted by atomic mass is 32.1. The molecule has 0 aromatic carbocycles. The average molecular weight is 298 g/mol. The van der Waals surface area contributed by atoms with Gasteiger partial charge in [-0.25, -0.2) is 14.7 Å². The molecule has 8 heteroatoms. The van der Waals surface area contributed by atoms with Crippen molar-refractivity contribution in [3.8, 4) is 0 Å². The van der Waals surface area contributed by atoms with Crippen LogP contribution in [0.3, 0.4) is 0 Å².